The fourth-order valence-electron chi connectivity index (χ4n) is 2.72. The van der Waals surface area contributed by atoms with E-state index >= 15 is 0 Å². The minimum absolute atomic E-state index is 0.0765. The molecule has 1 aliphatic heterocycles. The summed E-state index contributed by atoms with van der Waals surface area (Å²) in [5.74, 6) is -1.06. The minimum atomic E-state index is -0.751. The molecule has 8 nitrogen and oxygen atoms in total. The molecule has 0 unspecified atom stereocenters. The molecule has 0 aromatic heterocycles. The monoisotopic (exact) mass is 336 g/mol. The number of nitro benzene ring substituents is 1. The Bertz CT molecular complexity index is 650. The van der Waals surface area contributed by atoms with Crippen molar-refractivity contribution < 1.29 is 24.0 Å². The highest BCUT2D eigenvalue weighted by atomic mass is 16.6. The molecule has 1 amide bonds. The Morgan fingerprint density at radius 3 is 2.54 bits per heavy atom. The second kappa shape index (κ2) is 7.39. The molecule has 0 spiro atoms. The van der Waals surface area contributed by atoms with Gasteiger partial charge in [0.25, 0.3) is 11.6 Å². The third kappa shape index (κ3) is 4.08. The van der Waals surface area contributed by atoms with E-state index in [0.717, 1.165) is 0 Å². The normalized spacial score (nSPS) is 20.5. The molecule has 0 radical (unpaired) electrons. The van der Waals surface area contributed by atoms with E-state index in [1.807, 2.05) is 13.8 Å². The highest BCUT2D eigenvalue weighted by Gasteiger charge is 2.27. The Balaban J connectivity index is 1.99. The van der Waals surface area contributed by atoms with Gasteiger partial charge < -0.3 is 14.4 Å². The lowest BCUT2D eigenvalue weighted by Crippen LogP contribution is -2.49. The van der Waals surface area contributed by atoms with Crippen molar-refractivity contribution in [2.45, 2.75) is 33.0 Å². The van der Waals surface area contributed by atoms with Crippen molar-refractivity contribution >= 4 is 17.6 Å². The van der Waals surface area contributed by atoms with Crippen LogP contribution in [0.1, 0.15) is 29.8 Å². The Morgan fingerprint density at radius 1 is 1.33 bits per heavy atom. The van der Waals surface area contributed by atoms with Gasteiger partial charge in [-0.3, -0.25) is 14.9 Å². The predicted molar refractivity (Wildman–Crippen MR) is 84.7 cm³/mol. The van der Waals surface area contributed by atoms with E-state index in [0.29, 0.717) is 13.1 Å². The van der Waals surface area contributed by atoms with Crippen LogP contribution in [0.4, 0.5) is 5.69 Å². The molecule has 0 aliphatic carbocycles. The summed E-state index contributed by atoms with van der Waals surface area (Å²) >= 11 is 0. The first-order chi connectivity index (χ1) is 11.3. The third-order valence-corrected chi connectivity index (χ3v) is 3.82. The number of carbonyl (C=O) groups is 2. The van der Waals surface area contributed by atoms with Gasteiger partial charge in [-0.1, -0.05) is 6.07 Å². The van der Waals surface area contributed by atoms with Crippen LogP contribution in [0.2, 0.25) is 0 Å². The SMILES string of the molecule is Cc1c(C(=O)OCC(=O)N2C[C@@H](C)O[C@@H](C)C2)cccc1[N+](=O)[O-]. The lowest BCUT2D eigenvalue weighted by Gasteiger charge is -2.35. The number of morpholine rings is 1. The van der Waals surface area contributed by atoms with E-state index in [-0.39, 0.29) is 34.9 Å². The largest absolute Gasteiger partial charge is 0.452 e. The average molecular weight is 336 g/mol. The molecular formula is C16H20N2O6. The summed E-state index contributed by atoms with van der Waals surface area (Å²) in [7, 11) is 0. The molecule has 24 heavy (non-hydrogen) atoms. The van der Waals surface area contributed by atoms with Crippen LogP contribution in [0.3, 0.4) is 0 Å². The number of nitrogens with zero attached hydrogens (tertiary/aromatic N) is 2. The fourth-order valence-corrected chi connectivity index (χ4v) is 2.72. The molecule has 2 atom stereocenters. The van der Waals surface area contributed by atoms with Gasteiger partial charge in [-0.2, -0.15) is 0 Å². The minimum Gasteiger partial charge on any atom is -0.452 e. The molecule has 0 N–H and O–H groups in total. The van der Waals surface area contributed by atoms with Crippen LogP contribution in [-0.2, 0) is 14.3 Å². The van der Waals surface area contributed by atoms with Crippen molar-refractivity contribution in [3.8, 4) is 0 Å². The van der Waals surface area contributed by atoms with Crippen molar-refractivity contribution in [3.05, 3.63) is 39.4 Å². The fraction of sp³-hybridized carbons (Fsp3) is 0.500. The number of hydrogen-bond acceptors (Lipinski definition) is 6. The summed E-state index contributed by atoms with van der Waals surface area (Å²) in [6, 6.07) is 4.16. The number of esters is 1. The summed E-state index contributed by atoms with van der Waals surface area (Å²) in [6.45, 7) is 5.69. The molecule has 1 saturated heterocycles. The number of rotatable bonds is 4. The Labute approximate surface area is 139 Å². The zero-order valence-corrected chi connectivity index (χ0v) is 13.9. The zero-order chi connectivity index (χ0) is 17.9. The van der Waals surface area contributed by atoms with Crippen LogP contribution in [0, 0.1) is 17.0 Å². The van der Waals surface area contributed by atoms with Gasteiger partial charge in [0, 0.05) is 24.7 Å². The predicted octanol–water partition coefficient (Wildman–Crippen LogP) is 1.70. The number of ether oxygens (including phenoxy) is 2. The first-order valence-corrected chi connectivity index (χ1v) is 7.64. The summed E-state index contributed by atoms with van der Waals surface area (Å²) in [6.07, 6.45) is -0.153. The Morgan fingerprint density at radius 2 is 1.96 bits per heavy atom. The third-order valence-electron chi connectivity index (χ3n) is 3.82. The summed E-state index contributed by atoms with van der Waals surface area (Å²) in [5.41, 5.74) is 0.140. The smallest absolute Gasteiger partial charge is 0.339 e. The molecule has 1 aliphatic rings. The first kappa shape index (κ1) is 17.9. The second-order valence-corrected chi connectivity index (χ2v) is 5.84. The van der Waals surface area contributed by atoms with Crippen LogP contribution in [0.5, 0.6) is 0 Å². The molecule has 1 fully saturated rings. The van der Waals surface area contributed by atoms with Crippen LogP contribution >= 0.6 is 0 Å². The van der Waals surface area contributed by atoms with E-state index in [1.165, 1.54) is 25.1 Å². The standard InChI is InChI=1S/C16H20N2O6/c1-10-7-17(8-11(2)24-10)15(19)9-23-16(20)13-5-4-6-14(12(13)3)18(21)22/h4-6,10-11H,7-9H2,1-3H3/t10-,11+. The van der Waals surface area contributed by atoms with E-state index in [4.69, 9.17) is 9.47 Å². The maximum Gasteiger partial charge on any atom is 0.339 e. The maximum absolute atomic E-state index is 12.2. The Kier molecular flexibility index (Phi) is 5.50. The highest BCUT2D eigenvalue weighted by Crippen LogP contribution is 2.21. The first-order valence-electron chi connectivity index (χ1n) is 7.64. The number of nitro groups is 1. The van der Waals surface area contributed by atoms with Crippen LogP contribution < -0.4 is 0 Å². The molecule has 2 rings (SSSR count). The summed E-state index contributed by atoms with van der Waals surface area (Å²) in [5, 5.41) is 10.9. The van der Waals surface area contributed by atoms with Crippen LogP contribution in [-0.4, -0.2) is 53.6 Å². The van der Waals surface area contributed by atoms with Crippen molar-refractivity contribution in [3.63, 3.8) is 0 Å². The van der Waals surface area contributed by atoms with Crippen molar-refractivity contribution in [1.29, 1.82) is 0 Å². The van der Waals surface area contributed by atoms with E-state index in [1.54, 1.807) is 4.90 Å². The van der Waals surface area contributed by atoms with Crippen molar-refractivity contribution in [1.82, 2.24) is 4.90 Å². The molecule has 1 heterocycles. The lowest BCUT2D eigenvalue weighted by atomic mass is 10.1. The number of hydrogen-bond donors (Lipinski definition) is 0. The molecule has 1 aromatic carbocycles. The van der Waals surface area contributed by atoms with Gasteiger partial charge in [0.2, 0.25) is 0 Å². The van der Waals surface area contributed by atoms with Gasteiger partial charge >= 0.3 is 5.97 Å². The topological polar surface area (TPSA) is 99.0 Å². The quantitative estimate of drug-likeness (QED) is 0.471. The van der Waals surface area contributed by atoms with Gasteiger partial charge in [-0.15, -0.1) is 0 Å². The number of benzene rings is 1. The second-order valence-electron chi connectivity index (χ2n) is 5.84. The van der Waals surface area contributed by atoms with E-state index < -0.39 is 17.5 Å². The number of amides is 1. The van der Waals surface area contributed by atoms with Gasteiger partial charge in [0.15, 0.2) is 6.61 Å². The van der Waals surface area contributed by atoms with Crippen LogP contribution in [0.25, 0.3) is 0 Å². The lowest BCUT2D eigenvalue weighted by molar-refractivity contribution is -0.385. The molecule has 0 bridgehead atoms. The van der Waals surface area contributed by atoms with Gasteiger partial charge in [-0.05, 0) is 26.8 Å². The average Bonchev–Trinajstić information content (AvgIpc) is 2.51. The maximum atomic E-state index is 12.2. The molecule has 0 saturated carbocycles. The van der Waals surface area contributed by atoms with Crippen LogP contribution in [0.15, 0.2) is 18.2 Å². The van der Waals surface area contributed by atoms with E-state index in [2.05, 4.69) is 0 Å². The Hall–Kier alpha value is -2.48. The molecule has 1 aromatic rings. The van der Waals surface area contributed by atoms with Gasteiger partial charge in [-0.25, -0.2) is 4.79 Å². The highest BCUT2D eigenvalue weighted by molar-refractivity contribution is 5.93. The van der Waals surface area contributed by atoms with Gasteiger partial charge in [0.05, 0.1) is 22.7 Å². The number of carbonyl (C=O) groups excluding carboxylic acids is 2. The summed E-state index contributed by atoms with van der Waals surface area (Å²) < 4.78 is 10.6. The van der Waals surface area contributed by atoms with Crippen molar-refractivity contribution in [2.75, 3.05) is 19.7 Å². The summed E-state index contributed by atoms with van der Waals surface area (Å²) in [4.78, 5) is 36.2. The molecule has 130 valence electrons. The van der Waals surface area contributed by atoms with E-state index in [9.17, 15) is 19.7 Å². The van der Waals surface area contributed by atoms with Crippen molar-refractivity contribution in [2.24, 2.45) is 0 Å². The van der Waals surface area contributed by atoms with Gasteiger partial charge in [0.1, 0.15) is 0 Å². The molecular weight excluding hydrogens is 316 g/mol. The zero-order valence-electron chi connectivity index (χ0n) is 13.9. The molecule has 8 heteroatoms.